The van der Waals surface area contributed by atoms with Gasteiger partial charge in [-0.25, -0.2) is 19.2 Å². The van der Waals surface area contributed by atoms with Gasteiger partial charge in [0.1, 0.15) is 18.0 Å². The van der Waals surface area contributed by atoms with Crippen LogP contribution in [0.15, 0.2) is 42.7 Å². The molecule has 0 saturated carbocycles. The predicted molar refractivity (Wildman–Crippen MR) is 113 cm³/mol. The van der Waals surface area contributed by atoms with Crippen molar-refractivity contribution in [1.82, 2.24) is 20.2 Å². The Morgan fingerprint density at radius 2 is 1.97 bits per heavy atom. The van der Waals surface area contributed by atoms with Crippen molar-refractivity contribution in [2.45, 2.75) is 12.6 Å². The zero-order valence-corrected chi connectivity index (χ0v) is 16.7. The Bertz CT molecular complexity index is 1400. The first-order valence-corrected chi connectivity index (χ1v) is 9.75. The van der Waals surface area contributed by atoms with E-state index in [1.54, 1.807) is 12.1 Å². The summed E-state index contributed by atoms with van der Waals surface area (Å²) in [7, 11) is 0. The SMILES string of the molecule is Nc1ncnc2n[nH]c(-c3ccc4c(c3)CCN4C(=O)Nc3cc(C(F)(F)F)ccc3F)c12. The smallest absolute Gasteiger partial charge is 0.383 e. The van der Waals surface area contributed by atoms with Gasteiger partial charge in [-0.2, -0.15) is 18.3 Å². The molecule has 0 spiro atoms. The van der Waals surface area contributed by atoms with Gasteiger partial charge in [-0.3, -0.25) is 10.00 Å². The first-order valence-electron chi connectivity index (χ1n) is 9.75. The van der Waals surface area contributed by atoms with E-state index in [0.717, 1.165) is 11.1 Å². The molecule has 5 rings (SSSR count). The van der Waals surface area contributed by atoms with Crippen molar-refractivity contribution in [3.63, 3.8) is 0 Å². The molecule has 0 atom stereocenters. The van der Waals surface area contributed by atoms with Crippen LogP contribution < -0.4 is 16.0 Å². The van der Waals surface area contributed by atoms with E-state index in [0.29, 0.717) is 47.0 Å². The number of carbonyl (C=O) groups is 1. The number of aromatic amines is 1. The van der Waals surface area contributed by atoms with Gasteiger partial charge in [-0.1, -0.05) is 6.07 Å². The molecule has 4 aromatic rings. The molecule has 2 amide bonds. The number of benzene rings is 2. The Balaban J connectivity index is 1.42. The molecule has 1 aliphatic heterocycles. The van der Waals surface area contributed by atoms with E-state index in [-0.39, 0.29) is 12.4 Å². The normalized spacial score (nSPS) is 13.4. The monoisotopic (exact) mass is 457 g/mol. The molecule has 0 unspecified atom stereocenters. The lowest BCUT2D eigenvalue weighted by molar-refractivity contribution is -0.137. The summed E-state index contributed by atoms with van der Waals surface area (Å²) >= 11 is 0. The third-order valence-electron chi connectivity index (χ3n) is 5.42. The highest BCUT2D eigenvalue weighted by atomic mass is 19.4. The number of nitrogens with two attached hydrogens (primary N) is 1. The summed E-state index contributed by atoms with van der Waals surface area (Å²) in [5.74, 6) is -0.689. The van der Waals surface area contributed by atoms with Gasteiger partial charge in [-0.15, -0.1) is 0 Å². The second-order valence-corrected chi connectivity index (χ2v) is 7.42. The summed E-state index contributed by atoms with van der Waals surface area (Å²) in [6.45, 7) is 0.278. The molecule has 0 fully saturated rings. The first kappa shape index (κ1) is 20.7. The summed E-state index contributed by atoms with van der Waals surface area (Å²) in [6, 6.07) is 6.43. The molecular formula is C21H15F4N7O. The number of hydrogen-bond acceptors (Lipinski definition) is 5. The molecular weight excluding hydrogens is 442 g/mol. The fraction of sp³-hybridized carbons (Fsp3) is 0.143. The van der Waals surface area contributed by atoms with Crippen LogP contribution in [0.1, 0.15) is 11.1 Å². The van der Waals surface area contributed by atoms with Crippen LogP contribution in [0.25, 0.3) is 22.3 Å². The highest BCUT2D eigenvalue weighted by molar-refractivity contribution is 6.04. The van der Waals surface area contributed by atoms with Crippen molar-refractivity contribution in [1.29, 1.82) is 0 Å². The van der Waals surface area contributed by atoms with E-state index in [4.69, 9.17) is 5.73 Å². The van der Waals surface area contributed by atoms with Gasteiger partial charge in [0, 0.05) is 17.8 Å². The third kappa shape index (κ3) is 3.58. The van der Waals surface area contributed by atoms with Crippen LogP contribution >= 0.6 is 0 Å². The quantitative estimate of drug-likeness (QED) is 0.387. The summed E-state index contributed by atoms with van der Waals surface area (Å²) in [4.78, 5) is 22.1. The van der Waals surface area contributed by atoms with Gasteiger partial charge in [-0.05, 0) is 42.3 Å². The van der Waals surface area contributed by atoms with Gasteiger partial charge in [0.05, 0.1) is 22.3 Å². The molecule has 3 heterocycles. The van der Waals surface area contributed by atoms with Gasteiger partial charge in [0.2, 0.25) is 0 Å². The lowest BCUT2D eigenvalue weighted by Crippen LogP contribution is -2.33. The number of anilines is 3. The van der Waals surface area contributed by atoms with Crippen molar-refractivity contribution in [2.75, 3.05) is 22.5 Å². The van der Waals surface area contributed by atoms with Crippen LogP contribution in [0.4, 0.5) is 39.5 Å². The Labute approximate surface area is 183 Å². The van der Waals surface area contributed by atoms with Crippen molar-refractivity contribution >= 4 is 34.3 Å². The Kier molecular flexibility index (Phi) is 4.65. The van der Waals surface area contributed by atoms with Gasteiger partial charge in [0.15, 0.2) is 5.65 Å². The first-order chi connectivity index (χ1) is 15.7. The van der Waals surface area contributed by atoms with E-state index >= 15 is 0 Å². The number of urea groups is 1. The summed E-state index contributed by atoms with van der Waals surface area (Å²) < 4.78 is 52.9. The van der Waals surface area contributed by atoms with E-state index in [2.05, 4.69) is 25.5 Å². The minimum atomic E-state index is -4.66. The second-order valence-electron chi connectivity index (χ2n) is 7.42. The van der Waals surface area contributed by atoms with Crippen LogP contribution in [0.5, 0.6) is 0 Å². The number of aromatic nitrogens is 4. The maximum Gasteiger partial charge on any atom is 0.416 e. The number of fused-ring (bicyclic) bond motifs is 2. The van der Waals surface area contributed by atoms with Gasteiger partial charge in [0.25, 0.3) is 0 Å². The summed E-state index contributed by atoms with van der Waals surface area (Å²) in [5.41, 5.74) is 7.55. The summed E-state index contributed by atoms with van der Waals surface area (Å²) in [5, 5.41) is 9.84. The number of nitrogen functional groups attached to an aromatic ring is 1. The minimum Gasteiger partial charge on any atom is -0.383 e. The number of hydrogen-bond donors (Lipinski definition) is 3. The minimum absolute atomic E-state index is 0.272. The molecule has 0 bridgehead atoms. The summed E-state index contributed by atoms with van der Waals surface area (Å²) in [6.07, 6.45) is -2.84. The fourth-order valence-corrected chi connectivity index (χ4v) is 3.84. The Morgan fingerprint density at radius 3 is 2.76 bits per heavy atom. The number of halogens is 4. The number of carbonyl (C=O) groups excluding carboxylic acids is 1. The molecule has 8 nitrogen and oxygen atoms in total. The highest BCUT2D eigenvalue weighted by Gasteiger charge is 2.32. The van der Waals surface area contributed by atoms with Crippen molar-refractivity contribution in [3.8, 4) is 11.3 Å². The van der Waals surface area contributed by atoms with E-state index in [1.165, 1.54) is 11.2 Å². The lowest BCUT2D eigenvalue weighted by Gasteiger charge is -2.19. The number of nitrogens with zero attached hydrogens (tertiary/aromatic N) is 4. The topological polar surface area (TPSA) is 113 Å². The highest BCUT2D eigenvalue weighted by Crippen LogP contribution is 2.36. The van der Waals surface area contributed by atoms with Crippen LogP contribution in [0.3, 0.4) is 0 Å². The third-order valence-corrected chi connectivity index (χ3v) is 5.42. The molecule has 168 valence electrons. The average Bonchev–Trinajstić information content (AvgIpc) is 3.39. The molecule has 0 aliphatic carbocycles. The second kappa shape index (κ2) is 7.43. The molecule has 0 radical (unpaired) electrons. The molecule has 0 saturated heterocycles. The fourth-order valence-electron chi connectivity index (χ4n) is 3.84. The number of alkyl halides is 3. The standard InChI is InChI=1S/C21H15F4N7O/c22-13-3-2-12(21(23,24)25)8-14(13)29-20(33)32-6-5-10-7-11(1-4-15(10)32)17-16-18(26)27-9-28-19(16)31-30-17/h1-4,7-9H,5-6H2,(H,29,33)(H3,26,27,28,30,31). The van der Waals surface area contributed by atoms with E-state index < -0.39 is 29.3 Å². The number of nitrogens with one attached hydrogen (secondary N) is 2. The number of amides is 2. The molecule has 33 heavy (non-hydrogen) atoms. The molecule has 4 N–H and O–H groups in total. The largest absolute Gasteiger partial charge is 0.416 e. The molecule has 1 aliphatic rings. The number of rotatable bonds is 2. The molecule has 2 aromatic heterocycles. The van der Waals surface area contributed by atoms with E-state index in [9.17, 15) is 22.4 Å². The number of H-pyrrole nitrogens is 1. The van der Waals surface area contributed by atoms with Gasteiger partial charge < -0.3 is 11.1 Å². The van der Waals surface area contributed by atoms with Crippen LogP contribution in [0.2, 0.25) is 0 Å². The van der Waals surface area contributed by atoms with E-state index in [1.807, 2.05) is 6.07 Å². The predicted octanol–water partition coefficient (Wildman–Crippen LogP) is 4.35. The van der Waals surface area contributed by atoms with Crippen LogP contribution in [0, 0.1) is 5.82 Å². The maximum atomic E-state index is 14.0. The van der Waals surface area contributed by atoms with Crippen LogP contribution in [-0.2, 0) is 12.6 Å². The molecule has 12 heteroatoms. The zero-order chi connectivity index (χ0) is 23.3. The Hall–Kier alpha value is -4.22. The molecule has 2 aromatic carbocycles. The van der Waals surface area contributed by atoms with Crippen LogP contribution in [-0.4, -0.2) is 32.7 Å². The average molecular weight is 457 g/mol. The lowest BCUT2D eigenvalue weighted by atomic mass is 10.0. The van der Waals surface area contributed by atoms with Crippen molar-refractivity contribution < 1.29 is 22.4 Å². The Morgan fingerprint density at radius 1 is 1.15 bits per heavy atom. The van der Waals surface area contributed by atoms with Gasteiger partial charge >= 0.3 is 12.2 Å². The van der Waals surface area contributed by atoms with Crippen molar-refractivity contribution in [2.24, 2.45) is 0 Å². The zero-order valence-electron chi connectivity index (χ0n) is 16.7. The van der Waals surface area contributed by atoms with Crippen molar-refractivity contribution in [3.05, 3.63) is 59.7 Å². The maximum absolute atomic E-state index is 14.0.